The Bertz CT molecular complexity index is 627. The van der Waals surface area contributed by atoms with Crippen LogP contribution < -0.4 is 5.32 Å². The van der Waals surface area contributed by atoms with Crippen molar-refractivity contribution in [3.05, 3.63) is 41.7 Å². The number of tetrazole rings is 1. The molecule has 2 aromatic rings. The highest BCUT2D eigenvalue weighted by Crippen LogP contribution is 2.19. The molecule has 1 atom stereocenters. The number of rotatable bonds is 5. The van der Waals surface area contributed by atoms with E-state index in [1.807, 2.05) is 0 Å². The first kappa shape index (κ1) is 14.6. The van der Waals surface area contributed by atoms with Crippen LogP contribution in [-0.4, -0.2) is 50.1 Å². The summed E-state index contributed by atoms with van der Waals surface area (Å²) in [6, 6.07) is 8.86. The molecule has 1 N–H and O–H groups in total. The Labute approximate surface area is 129 Å². The lowest BCUT2D eigenvalue weighted by Gasteiger charge is -2.33. The zero-order valence-electron chi connectivity index (χ0n) is 12.6. The van der Waals surface area contributed by atoms with Gasteiger partial charge in [0, 0.05) is 25.7 Å². The van der Waals surface area contributed by atoms with Crippen LogP contribution in [0.15, 0.2) is 30.6 Å². The van der Waals surface area contributed by atoms with Gasteiger partial charge in [0.25, 0.3) is 0 Å². The fourth-order valence-electron chi connectivity index (χ4n) is 2.74. The summed E-state index contributed by atoms with van der Waals surface area (Å²) < 4.78 is 1.41. The van der Waals surface area contributed by atoms with Crippen molar-refractivity contribution in [2.24, 2.45) is 0 Å². The molecule has 3 rings (SSSR count). The Kier molecular flexibility index (Phi) is 4.43. The standard InChI is InChI=1S/C15H20N6O/c1-12(8-16-15(22)10-21-11-17-18-19-21)20-7-6-13-4-2-3-5-14(13)9-20/h2-5,11-12H,6-10H2,1H3,(H,16,22)/t12-/m0/s1. The van der Waals surface area contributed by atoms with E-state index >= 15 is 0 Å². The van der Waals surface area contributed by atoms with Crippen LogP contribution in [0.5, 0.6) is 0 Å². The molecule has 0 fully saturated rings. The van der Waals surface area contributed by atoms with Gasteiger partial charge in [-0.1, -0.05) is 24.3 Å². The minimum Gasteiger partial charge on any atom is -0.353 e. The highest BCUT2D eigenvalue weighted by atomic mass is 16.2. The number of fused-ring (bicyclic) bond motifs is 1. The number of amides is 1. The van der Waals surface area contributed by atoms with E-state index in [1.165, 1.54) is 22.1 Å². The third kappa shape index (κ3) is 3.48. The first-order valence-electron chi connectivity index (χ1n) is 7.50. The SMILES string of the molecule is C[C@@H](CNC(=O)Cn1cnnn1)N1CCc2ccccc2C1. The molecule has 1 aliphatic rings. The zero-order chi connectivity index (χ0) is 15.4. The monoisotopic (exact) mass is 300 g/mol. The smallest absolute Gasteiger partial charge is 0.241 e. The third-order valence-corrected chi connectivity index (χ3v) is 4.08. The molecule has 0 spiro atoms. The lowest BCUT2D eigenvalue weighted by Crippen LogP contribution is -2.44. The summed E-state index contributed by atoms with van der Waals surface area (Å²) in [5.74, 6) is -0.0726. The Morgan fingerprint density at radius 1 is 1.36 bits per heavy atom. The Morgan fingerprint density at radius 2 is 2.18 bits per heavy atom. The highest BCUT2D eigenvalue weighted by Gasteiger charge is 2.20. The molecule has 1 amide bonds. The molecule has 0 radical (unpaired) electrons. The van der Waals surface area contributed by atoms with Crippen LogP contribution in [0.2, 0.25) is 0 Å². The van der Waals surface area contributed by atoms with E-state index < -0.39 is 0 Å². The van der Waals surface area contributed by atoms with Crippen LogP contribution in [-0.2, 0) is 24.3 Å². The van der Waals surface area contributed by atoms with Crippen LogP contribution in [0.25, 0.3) is 0 Å². The Morgan fingerprint density at radius 3 is 2.95 bits per heavy atom. The number of nitrogens with one attached hydrogen (secondary N) is 1. The van der Waals surface area contributed by atoms with Gasteiger partial charge in [-0.05, 0) is 34.9 Å². The molecule has 116 valence electrons. The van der Waals surface area contributed by atoms with E-state index in [0.29, 0.717) is 12.6 Å². The Balaban J connectivity index is 1.48. The average molecular weight is 300 g/mol. The predicted molar refractivity (Wildman–Crippen MR) is 80.8 cm³/mol. The van der Waals surface area contributed by atoms with Crippen molar-refractivity contribution in [1.82, 2.24) is 30.4 Å². The second-order valence-corrected chi connectivity index (χ2v) is 5.65. The largest absolute Gasteiger partial charge is 0.353 e. The zero-order valence-corrected chi connectivity index (χ0v) is 12.6. The molecular formula is C15H20N6O. The highest BCUT2D eigenvalue weighted by molar-refractivity contribution is 5.75. The van der Waals surface area contributed by atoms with E-state index in [1.54, 1.807) is 0 Å². The van der Waals surface area contributed by atoms with E-state index in [9.17, 15) is 4.79 Å². The van der Waals surface area contributed by atoms with Crippen molar-refractivity contribution in [1.29, 1.82) is 0 Å². The van der Waals surface area contributed by atoms with Gasteiger partial charge in [-0.2, -0.15) is 0 Å². The molecule has 1 aromatic carbocycles. The van der Waals surface area contributed by atoms with Gasteiger partial charge < -0.3 is 5.32 Å². The van der Waals surface area contributed by atoms with Crippen LogP contribution >= 0.6 is 0 Å². The number of benzene rings is 1. The van der Waals surface area contributed by atoms with E-state index in [-0.39, 0.29) is 12.5 Å². The second kappa shape index (κ2) is 6.65. The van der Waals surface area contributed by atoms with E-state index in [2.05, 4.69) is 56.9 Å². The number of carbonyl (C=O) groups excluding carboxylic acids is 1. The molecule has 0 saturated heterocycles. The molecule has 2 heterocycles. The molecule has 7 nitrogen and oxygen atoms in total. The second-order valence-electron chi connectivity index (χ2n) is 5.65. The summed E-state index contributed by atoms with van der Waals surface area (Å²) in [6.07, 6.45) is 2.50. The lowest BCUT2D eigenvalue weighted by molar-refractivity contribution is -0.122. The maximum atomic E-state index is 11.9. The fourth-order valence-corrected chi connectivity index (χ4v) is 2.74. The maximum Gasteiger partial charge on any atom is 0.241 e. The lowest BCUT2D eigenvalue weighted by atomic mass is 9.99. The van der Waals surface area contributed by atoms with Gasteiger partial charge in [-0.25, -0.2) is 4.68 Å². The summed E-state index contributed by atoms with van der Waals surface area (Å²) in [5.41, 5.74) is 2.83. The molecule has 0 unspecified atom stereocenters. The Hall–Kier alpha value is -2.28. The quantitative estimate of drug-likeness (QED) is 0.856. The minimum absolute atomic E-state index is 0.0726. The summed E-state index contributed by atoms with van der Waals surface area (Å²) in [5, 5.41) is 13.6. The molecule has 1 aromatic heterocycles. The number of nitrogens with zero attached hydrogens (tertiary/aromatic N) is 5. The van der Waals surface area contributed by atoms with E-state index in [0.717, 1.165) is 19.5 Å². The number of carbonyl (C=O) groups is 1. The van der Waals surface area contributed by atoms with Gasteiger partial charge in [0.15, 0.2) is 0 Å². The van der Waals surface area contributed by atoms with Crippen molar-refractivity contribution in [3.63, 3.8) is 0 Å². The van der Waals surface area contributed by atoms with Gasteiger partial charge in [-0.3, -0.25) is 9.69 Å². The van der Waals surface area contributed by atoms with Crippen LogP contribution in [0.3, 0.4) is 0 Å². The van der Waals surface area contributed by atoms with Gasteiger partial charge in [0.05, 0.1) is 0 Å². The number of hydrogen-bond acceptors (Lipinski definition) is 5. The van der Waals surface area contributed by atoms with E-state index in [4.69, 9.17) is 0 Å². The van der Waals surface area contributed by atoms with Crippen molar-refractivity contribution in [2.75, 3.05) is 13.1 Å². The van der Waals surface area contributed by atoms with Crippen LogP contribution in [0.4, 0.5) is 0 Å². The first-order valence-corrected chi connectivity index (χ1v) is 7.50. The van der Waals surface area contributed by atoms with Gasteiger partial charge in [0.2, 0.25) is 5.91 Å². The van der Waals surface area contributed by atoms with Crippen molar-refractivity contribution in [2.45, 2.75) is 32.5 Å². The van der Waals surface area contributed by atoms with Gasteiger partial charge >= 0.3 is 0 Å². The summed E-state index contributed by atoms with van der Waals surface area (Å²) in [7, 11) is 0. The normalized spacial score (nSPS) is 16.0. The minimum atomic E-state index is -0.0726. The molecule has 22 heavy (non-hydrogen) atoms. The molecule has 0 bridgehead atoms. The van der Waals surface area contributed by atoms with Crippen molar-refractivity contribution in [3.8, 4) is 0 Å². The topological polar surface area (TPSA) is 75.9 Å². The summed E-state index contributed by atoms with van der Waals surface area (Å²) in [4.78, 5) is 14.3. The molecular weight excluding hydrogens is 280 g/mol. The maximum absolute atomic E-state index is 11.9. The third-order valence-electron chi connectivity index (χ3n) is 4.08. The van der Waals surface area contributed by atoms with Crippen molar-refractivity contribution < 1.29 is 4.79 Å². The summed E-state index contributed by atoms with van der Waals surface area (Å²) >= 11 is 0. The average Bonchev–Trinajstić information content (AvgIpc) is 3.05. The van der Waals surface area contributed by atoms with Crippen molar-refractivity contribution >= 4 is 5.91 Å². The fraction of sp³-hybridized carbons (Fsp3) is 0.467. The molecule has 1 aliphatic heterocycles. The van der Waals surface area contributed by atoms with Gasteiger partial charge in [-0.15, -0.1) is 5.10 Å². The molecule has 0 aliphatic carbocycles. The van der Waals surface area contributed by atoms with Crippen LogP contribution in [0.1, 0.15) is 18.1 Å². The number of hydrogen-bond donors (Lipinski definition) is 1. The molecule has 0 saturated carbocycles. The number of aromatic nitrogens is 4. The van der Waals surface area contributed by atoms with Gasteiger partial charge in [0.1, 0.15) is 12.9 Å². The predicted octanol–water partition coefficient (Wildman–Crippen LogP) is 0.236. The summed E-state index contributed by atoms with van der Waals surface area (Å²) in [6.45, 7) is 4.90. The first-order chi connectivity index (χ1) is 10.7. The van der Waals surface area contributed by atoms with Crippen LogP contribution in [0, 0.1) is 0 Å². The molecule has 7 heteroatoms.